The largest absolute Gasteiger partial charge is 0.476 e. The number of carbonyl (C=O) groups is 2. The molecule has 28 heavy (non-hydrogen) atoms. The van der Waals surface area contributed by atoms with Gasteiger partial charge in [0, 0.05) is 12.6 Å². The van der Waals surface area contributed by atoms with E-state index in [2.05, 4.69) is 15.5 Å². The number of aromatic nitrogens is 2. The highest BCUT2D eigenvalue weighted by atomic mass is 32.1. The van der Waals surface area contributed by atoms with E-state index < -0.39 is 54.6 Å². The number of aromatic carboxylic acids is 1. The summed E-state index contributed by atoms with van der Waals surface area (Å²) in [4.78, 5) is 27.2. The molecule has 3 heterocycles. The summed E-state index contributed by atoms with van der Waals surface area (Å²) in [6.07, 6.45) is -5.03. The van der Waals surface area contributed by atoms with Gasteiger partial charge in [0.2, 0.25) is 11.5 Å². The maximum Gasteiger partial charge on any atom is 0.358 e. The van der Waals surface area contributed by atoms with Crippen molar-refractivity contribution in [2.75, 3.05) is 18.5 Å². The fourth-order valence-electron chi connectivity index (χ4n) is 2.60. The maximum absolute atomic E-state index is 12.3. The molecule has 0 aromatic carbocycles. The lowest BCUT2D eigenvalue weighted by Gasteiger charge is -2.40. The van der Waals surface area contributed by atoms with Gasteiger partial charge in [-0.15, -0.1) is 0 Å². The number of thiazole rings is 1. The molecular weight excluding hydrogens is 398 g/mol. The van der Waals surface area contributed by atoms with E-state index in [-0.39, 0.29) is 17.2 Å². The molecule has 3 rings (SSSR count). The average Bonchev–Trinajstić information content (AvgIpc) is 3.35. The van der Waals surface area contributed by atoms with Crippen LogP contribution >= 0.6 is 11.3 Å². The Bertz CT molecular complexity index is 851. The van der Waals surface area contributed by atoms with E-state index in [9.17, 15) is 30.0 Å². The van der Waals surface area contributed by atoms with Crippen LogP contribution in [-0.2, 0) is 4.74 Å². The first kappa shape index (κ1) is 20.3. The van der Waals surface area contributed by atoms with E-state index in [0.717, 1.165) is 17.4 Å². The molecule has 1 fully saturated rings. The summed E-state index contributed by atoms with van der Waals surface area (Å²) in [5.74, 6) is -2.17. The van der Waals surface area contributed by atoms with Crippen molar-refractivity contribution in [3.63, 3.8) is 0 Å². The van der Waals surface area contributed by atoms with Gasteiger partial charge in [-0.2, -0.15) is 0 Å². The van der Waals surface area contributed by atoms with Gasteiger partial charge in [-0.1, -0.05) is 16.5 Å². The minimum absolute atomic E-state index is 0.0198. The fraction of sp³-hybridized carbons (Fsp3) is 0.467. The number of carboxylic acids is 1. The summed E-state index contributed by atoms with van der Waals surface area (Å²) in [5.41, 5.74) is -0.395. The lowest BCUT2D eigenvalue weighted by Crippen LogP contribution is -2.60. The fourth-order valence-corrected chi connectivity index (χ4v) is 3.37. The standard InChI is InChI=1S/C15H17N3O9S/c19-4-8-12(22)13(23)11(21)7(26-8)2-16-15-17-3-9(28-15)10(20)6-1-5(14(24)25)18-27-6/h1,3,7-8,11-13,19,21-23H,2,4H2,(H,16,17)(H,24,25)/t7-,8-,11-,12-,13-/m1/s1. The van der Waals surface area contributed by atoms with Crippen LogP contribution in [-0.4, -0.2) is 91.1 Å². The molecule has 0 saturated carbocycles. The van der Waals surface area contributed by atoms with Crippen molar-refractivity contribution in [1.82, 2.24) is 10.1 Å². The first-order valence-electron chi connectivity index (χ1n) is 8.06. The molecule has 152 valence electrons. The SMILES string of the molecule is O=C(O)c1cc(C(=O)c2cnc(NC[C@H]3O[C@H](CO)[C@@H](O)[C@H](O)[C@@H]3O)s2)on1. The highest BCUT2D eigenvalue weighted by Crippen LogP contribution is 2.24. The van der Waals surface area contributed by atoms with Crippen LogP contribution in [0.2, 0.25) is 0 Å². The molecule has 1 aliphatic rings. The zero-order chi connectivity index (χ0) is 20.4. The van der Waals surface area contributed by atoms with E-state index in [1.165, 1.54) is 6.20 Å². The molecule has 2 aromatic rings. The van der Waals surface area contributed by atoms with Crippen LogP contribution < -0.4 is 5.32 Å². The number of nitrogens with one attached hydrogen (secondary N) is 1. The first-order chi connectivity index (χ1) is 13.3. The van der Waals surface area contributed by atoms with Gasteiger partial charge in [-0.3, -0.25) is 4.79 Å². The second-order valence-corrected chi connectivity index (χ2v) is 7.02. The lowest BCUT2D eigenvalue weighted by atomic mass is 9.95. The van der Waals surface area contributed by atoms with Crippen LogP contribution in [0.1, 0.15) is 25.9 Å². The summed E-state index contributed by atoms with van der Waals surface area (Å²) in [6, 6.07) is 1.01. The number of hydrogen-bond donors (Lipinski definition) is 6. The van der Waals surface area contributed by atoms with E-state index >= 15 is 0 Å². The second kappa shape index (κ2) is 8.30. The number of anilines is 1. The predicted molar refractivity (Wildman–Crippen MR) is 91.3 cm³/mol. The van der Waals surface area contributed by atoms with Gasteiger partial charge in [0.25, 0.3) is 0 Å². The Balaban J connectivity index is 1.63. The van der Waals surface area contributed by atoms with Crippen LogP contribution in [0.4, 0.5) is 5.13 Å². The number of rotatable bonds is 7. The van der Waals surface area contributed by atoms with Gasteiger partial charge >= 0.3 is 5.97 Å². The molecule has 6 N–H and O–H groups in total. The maximum atomic E-state index is 12.3. The highest BCUT2D eigenvalue weighted by Gasteiger charge is 2.43. The van der Waals surface area contributed by atoms with Crippen LogP contribution in [0.15, 0.2) is 16.8 Å². The van der Waals surface area contributed by atoms with Gasteiger partial charge < -0.3 is 40.1 Å². The van der Waals surface area contributed by atoms with Crippen LogP contribution in [0, 0.1) is 0 Å². The number of aliphatic hydroxyl groups excluding tert-OH is 4. The summed E-state index contributed by atoms with van der Waals surface area (Å²) in [6.45, 7) is -0.555. The molecule has 0 spiro atoms. The first-order valence-corrected chi connectivity index (χ1v) is 8.88. The Morgan fingerprint density at radius 1 is 1.18 bits per heavy atom. The van der Waals surface area contributed by atoms with Gasteiger partial charge in [-0.25, -0.2) is 9.78 Å². The number of ketones is 1. The molecule has 0 unspecified atom stereocenters. The molecule has 12 nitrogen and oxygen atoms in total. The second-order valence-electron chi connectivity index (χ2n) is 5.99. The van der Waals surface area contributed by atoms with Crippen LogP contribution in [0.3, 0.4) is 0 Å². The topological polar surface area (TPSA) is 195 Å². The quantitative estimate of drug-likeness (QED) is 0.281. The predicted octanol–water partition coefficient (Wildman–Crippen LogP) is -1.69. The van der Waals surface area contributed by atoms with Gasteiger partial charge in [0.1, 0.15) is 35.4 Å². The average molecular weight is 415 g/mol. The molecule has 1 saturated heterocycles. The molecule has 0 aliphatic carbocycles. The van der Waals surface area contributed by atoms with Crippen molar-refractivity contribution in [3.8, 4) is 0 Å². The Hall–Kier alpha value is -2.42. The van der Waals surface area contributed by atoms with Crippen molar-refractivity contribution in [3.05, 3.63) is 28.6 Å². The third-order valence-electron chi connectivity index (χ3n) is 4.13. The van der Waals surface area contributed by atoms with Crippen LogP contribution in [0.25, 0.3) is 0 Å². The summed E-state index contributed by atoms with van der Waals surface area (Å²) >= 11 is 0.946. The number of carbonyl (C=O) groups excluding carboxylic acids is 1. The Labute approximate surface area is 161 Å². The lowest BCUT2D eigenvalue weighted by molar-refractivity contribution is -0.225. The molecule has 5 atom stereocenters. The van der Waals surface area contributed by atoms with Gasteiger partial charge in [-0.05, 0) is 0 Å². The zero-order valence-corrected chi connectivity index (χ0v) is 14.9. The molecular formula is C15H17N3O9S. The summed E-state index contributed by atoms with van der Waals surface area (Å²) < 4.78 is 10.1. The van der Waals surface area contributed by atoms with Crippen molar-refractivity contribution in [2.45, 2.75) is 30.5 Å². The molecule has 1 aliphatic heterocycles. The minimum Gasteiger partial charge on any atom is -0.476 e. The molecule has 2 aromatic heterocycles. The summed E-state index contributed by atoms with van der Waals surface area (Å²) in [7, 11) is 0. The van der Waals surface area contributed by atoms with Crippen LogP contribution in [0.5, 0.6) is 0 Å². The van der Waals surface area contributed by atoms with Gasteiger partial charge in [0.15, 0.2) is 10.8 Å². The van der Waals surface area contributed by atoms with Crippen molar-refractivity contribution in [2.24, 2.45) is 0 Å². The van der Waals surface area contributed by atoms with E-state index in [4.69, 9.17) is 14.4 Å². The monoisotopic (exact) mass is 415 g/mol. The van der Waals surface area contributed by atoms with Gasteiger partial charge in [0.05, 0.1) is 12.8 Å². The van der Waals surface area contributed by atoms with Crippen molar-refractivity contribution in [1.29, 1.82) is 0 Å². The highest BCUT2D eigenvalue weighted by molar-refractivity contribution is 7.17. The van der Waals surface area contributed by atoms with Crippen molar-refractivity contribution >= 4 is 28.2 Å². The Kier molecular flexibility index (Phi) is 6.02. The Morgan fingerprint density at radius 3 is 2.54 bits per heavy atom. The minimum atomic E-state index is -1.49. The normalized spacial score (nSPS) is 27.5. The molecule has 0 amide bonds. The third kappa shape index (κ3) is 4.04. The van der Waals surface area contributed by atoms with E-state index in [1.54, 1.807) is 0 Å². The Morgan fingerprint density at radius 2 is 1.89 bits per heavy atom. The van der Waals surface area contributed by atoms with Crippen molar-refractivity contribution < 1.29 is 44.4 Å². The number of ether oxygens (including phenoxy) is 1. The number of aliphatic hydroxyl groups is 4. The number of nitrogens with zero attached hydrogens (tertiary/aromatic N) is 2. The zero-order valence-electron chi connectivity index (χ0n) is 14.1. The number of carboxylic acid groups (broad SMARTS) is 1. The molecule has 13 heteroatoms. The third-order valence-corrected chi connectivity index (χ3v) is 5.08. The smallest absolute Gasteiger partial charge is 0.358 e. The van der Waals surface area contributed by atoms with E-state index in [1.807, 2.05) is 0 Å². The molecule has 0 bridgehead atoms. The number of hydrogen-bond acceptors (Lipinski definition) is 12. The van der Waals surface area contributed by atoms with E-state index in [0.29, 0.717) is 5.13 Å². The summed E-state index contributed by atoms with van der Waals surface area (Å²) in [5, 5.41) is 53.9. The molecule has 0 radical (unpaired) electrons.